The van der Waals surface area contributed by atoms with E-state index in [1.807, 2.05) is 19.2 Å². The van der Waals surface area contributed by atoms with Crippen LogP contribution in [-0.2, 0) is 13.0 Å². The van der Waals surface area contributed by atoms with Gasteiger partial charge in [-0.25, -0.2) is 0 Å². The highest BCUT2D eigenvalue weighted by atomic mass is 16.3. The SMILES string of the molecule is CCc1ccc(NCc2cc(NC)ccc2O)cc1. The summed E-state index contributed by atoms with van der Waals surface area (Å²) < 4.78 is 0. The first kappa shape index (κ1) is 13.3. The van der Waals surface area contributed by atoms with Crippen molar-refractivity contribution in [2.45, 2.75) is 19.9 Å². The fourth-order valence-corrected chi connectivity index (χ4v) is 1.94. The summed E-state index contributed by atoms with van der Waals surface area (Å²) in [5.74, 6) is 0.316. The van der Waals surface area contributed by atoms with E-state index in [9.17, 15) is 5.11 Å². The van der Waals surface area contributed by atoms with Crippen LogP contribution in [0.25, 0.3) is 0 Å². The highest BCUT2D eigenvalue weighted by molar-refractivity contribution is 5.52. The molecule has 3 nitrogen and oxygen atoms in total. The Labute approximate surface area is 114 Å². The molecule has 0 unspecified atom stereocenters. The molecule has 3 N–H and O–H groups in total. The Morgan fingerprint density at radius 1 is 1.00 bits per heavy atom. The van der Waals surface area contributed by atoms with Gasteiger partial charge in [-0.1, -0.05) is 19.1 Å². The third-order valence-electron chi connectivity index (χ3n) is 3.21. The first-order chi connectivity index (χ1) is 9.22. The van der Waals surface area contributed by atoms with Crippen LogP contribution in [0.4, 0.5) is 11.4 Å². The van der Waals surface area contributed by atoms with Crippen molar-refractivity contribution in [3.8, 4) is 5.75 Å². The average Bonchev–Trinajstić information content (AvgIpc) is 2.47. The molecule has 0 aliphatic carbocycles. The normalized spacial score (nSPS) is 10.2. The monoisotopic (exact) mass is 256 g/mol. The molecule has 100 valence electrons. The zero-order valence-corrected chi connectivity index (χ0v) is 11.4. The molecule has 0 bridgehead atoms. The van der Waals surface area contributed by atoms with Gasteiger partial charge >= 0.3 is 0 Å². The van der Waals surface area contributed by atoms with Gasteiger partial charge in [0.05, 0.1) is 0 Å². The summed E-state index contributed by atoms with van der Waals surface area (Å²) in [7, 11) is 1.87. The van der Waals surface area contributed by atoms with Gasteiger partial charge in [0, 0.05) is 30.5 Å². The third-order valence-corrected chi connectivity index (χ3v) is 3.21. The van der Waals surface area contributed by atoms with Gasteiger partial charge in [-0.3, -0.25) is 0 Å². The molecule has 0 spiro atoms. The van der Waals surface area contributed by atoms with Crippen molar-refractivity contribution in [2.24, 2.45) is 0 Å². The number of aromatic hydroxyl groups is 1. The molecule has 0 aromatic heterocycles. The second-order valence-electron chi connectivity index (χ2n) is 4.50. The van der Waals surface area contributed by atoms with E-state index in [1.165, 1.54) is 5.56 Å². The molecule has 0 fully saturated rings. The largest absolute Gasteiger partial charge is 0.508 e. The van der Waals surface area contributed by atoms with Crippen LogP contribution in [0.5, 0.6) is 5.75 Å². The van der Waals surface area contributed by atoms with Crippen molar-refractivity contribution in [1.82, 2.24) is 0 Å². The molecule has 0 aliphatic heterocycles. The number of rotatable bonds is 5. The minimum absolute atomic E-state index is 0.316. The Morgan fingerprint density at radius 3 is 2.32 bits per heavy atom. The first-order valence-corrected chi connectivity index (χ1v) is 6.55. The molecular formula is C16H20N2O. The molecule has 0 aliphatic rings. The predicted molar refractivity (Wildman–Crippen MR) is 80.8 cm³/mol. The number of hydrogen-bond donors (Lipinski definition) is 3. The smallest absolute Gasteiger partial charge is 0.120 e. The van der Waals surface area contributed by atoms with Gasteiger partial charge in [-0.15, -0.1) is 0 Å². The summed E-state index contributed by atoms with van der Waals surface area (Å²) in [6.45, 7) is 2.75. The number of anilines is 2. The molecular weight excluding hydrogens is 236 g/mol. The second-order valence-corrected chi connectivity index (χ2v) is 4.50. The van der Waals surface area contributed by atoms with Crippen LogP contribution < -0.4 is 10.6 Å². The summed E-state index contributed by atoms with van der Waals surface area (Å²) in [5.41, 5.74) is 4.26. The first-order valence-electron chi connectivity index (χ1n) is 6.55. The van der Waals surface area contributed by atoms with Crippen LogP contribution in [0.2, 0.25) is 0 Å². The maximum Gasteiger partial charge on any atom is 0.120 e. The van der Waals surface area contributed by atoms with Crippen LogP contribution in [0.15, 0.2) is 42.5 Å². The summed E-state index contributed by atoms with van der Waals surface area (Å²) >= 11 is 0. The number of benzene rings is 2. The lowest BCUT2D eigenvalue weighted by Gasteiger charge is -2.10. The summed E-state index contributed by atoms with van der Waals surface area (Å²) in [4.78, 5) is 0. The van der Waals surface area contributed by atoms with Crippen molar-refractivity contribution in [3.63, 3.8) is 0 Å². The Balaban J connectivity index is 2.05. The standard InChI is InChI=1S/C16H20N2O/c1-3-12-4-6-14(7-5-12)18-11-13-10-15(17-2)8-9-16(13)19/h4-10,17-19H,3,11H2,1-2H3. The van der Waals surface area contributed by atoms with Crippen LogP contribution in [0.1, 0.15) is 18.1 Å². The minimum Gasteiger partial charge on any atom is -0.508 e. The lowest BCUT2D eigenvalue weighted by Crippen LogP contribution is -2.00. The van der Waals surface area contributed by atoms with Crippen molar-refractivity contribution < 1.29 is 5.11 Å². The predicted octanol–water partition coefficient (Wildman–Crippen LogP) is 3.61. The lowest BCUT2D eigenvalue weighted by molar-refractivity contribution is 0.469. The quantitative estimate of drug-likeness (QED) is 0.716. The maximum atomic E-state index is 9.82. The Morgan fingerprint density at radius 2 is 1.68 bits per heavy atom. The van der Waals surface area contributed by atoms with E-state index in [4.69, 9.17) is 0 Å². The van der Waals surface area contributed by atoms with Crippen molar-refractivity contribution >= 4 is 11.4 Å². The molecule has 0 saturated heterocycles. The van der Waals surface area contributed by atoms with E-state index in [0.29, 0.717) is 12.3 Å². The highest BCUT2D eigenvalue weighted by Gasteiger charge is 2.02. The van der Waals surface area contributed by atoms with Gasteiger partial charge in [-0.05, 0) is 42.3 Å². The number of hydrogen-bond acceptors (Lipinski definition) is 3. The zero-order valence-electron chi connectivity index (χ0n) is 11.4. The molecule has 0 amide bonds. The summed E-state index contributed by atoms with van der Waals surface area (Å²) in [6.07, 6.45) is 1.05. The fraction of sp³-hybridized carbons (Fsp3) is 0.250. The van der Waals surface area contributed by atoms with E-state index in [1.54, 1.807) is 6.07 Å². The van der Waals surface area contributed by atoms with Crippen molar-refractivity contribution in [3.05, 3.63) is 53.6 Å². The highest BCUT2D eigenvalue weighted by Crippen LogP contribution is 2.22. The van der Waals surface area contributed by atoms with E-state index < -0.39 is 0 Å². The van der Waals surface area contributed by atoms with Crippen LogP contribution in [-0.4, -0.2) is 12.2 Å². The Kier molecular flexibility index (Phi) is 4.29. The number of aryl methyl sites for hydroxylation is 1. The molecule has 3 heteroatoms. The molecule has 2 aromatic rings. The van der Waals surface area contributed by atoms with Crippen LogP contribution in [0, 0.1) is 0 Å². The van der Waals surface area contributed by atoms with E-state index >= 15 is 0 Å². The van der Waals surface area contributed by atoms with Gasteiger partial charge in [0.15, 0.2) is 0 Å². The zero-order chi connectivity index (χ0) is 13.7. The molecule has 0 saturated carbocycles. The van der Waals surface area contributed by atoms with Crippen LogP contribution in [0.3, 0.4) is 0 Å². The van der Waals surface area contributed by atoms with E-state index in [2.05, 4.69) is 41.8 Å². The van der Waals surface area contributed by atoms with Gasteiger partial charge in [0.2, 0.25) is 0 Å². The summed E-state index contributed by atoms with van der Waals surface area (Å²) in [6, 6.07) is 13.9. The van der Waals surface area contributed by atoms with Crippen molar-refractivity contribution in [2.75, 3.05) is 17.7 Å². The molecule has 2 aromatic carbocycles. The third kappa shape index (κ3) is 3.41. The molecule has 0 radical (unpaired) electrons. The van der Waals surface area contributed by atoms with Gasteiger partial charge in [-0.2, -0.15) is 0 Å². The molecule has 2 rings (SSSR count). The van der Waals surface area contributed by atoms with E-state index in [0.717, 1.165) is 23.4 Å². The van der Waals surface area contributed by atoms with Gasteiger partial charge in [0.25, 0.3) is 0 Å². The number of phenols is 1. The number of phenolic OH excluding ortho intramolecular Hbond substituents is 1. The van der Waals surface area contributed by atoms with Crippen LogP contribution >= 0.6 is 0 Å². The van der Waals surface area contributed by atoms with Gasteiger partial charge < -0.3 is 15.7 Å². The van der Waals surface area contributed by atoms with Gasteiger partial charge in [0.1, 0.15) is 5.75 Å². The summed E-state index contributed by atoms with van der Waals surface area (Å²) in [5, 5.41) is 16.2. The minimum atomic E-state index is 0.316. The fourth-order valence-electron chi connectivity index (χ4n) is 1.94. The topological polar surface area (TPSA) is 44.3 Å². The average molecular weight is 256 g/mol. The van der Waals surface area contributed by atoms with E-state index in [-0.39, 0.29) is 0 Å². The Bertz CT molecular complexity index is 535. The molecule has 0 heterocycles. The second kappa shape index (κ2) is 6.14. The van der Waals surface area contributed by atoms with Crippen molar-refractivity contribution in [1.29, 1.82) is 0 Å². The Hall–Kier alpha value is -2.16. The number of nitrogens with one attached hydrogen (secondary N) is 2. The lowest BCUT2D eigenvalue weighted by atomic mass is 10.1. The molecule has 19 heavy (non-hydrogen) atoms. The molecule has 0 atom stereocenters. The maximum absolute atomic E-state index is 9.82.